The highest BCUT2D eigenvalue weighted by molar-refractivity contribution is 7.92. The van der Waals surface area contributed by atoms with E-state index in [-0.39, 0.29) is 17.6 Å². The molecule has 2 rings (SSSR count). The Morgan fingerprint density at radius 1 is 1.30 bits per heavy atom. The van der Waals surface area contributed by atoms with Gasteiger partial charge in [-0.25, -0.2) is 0 Å². The van der Waals surface area contributed by atoms with Crippen LogP contribution in [0.15, 0.2) is 33.0 Å². The minimum absolute atomic E-state index is 0.0627. The molecule has 23 heavy (non-hydrogen) atoms. The molecule has 0 aliphatic carbocycles. The first-order chi connectivity index (χ1) is 10.9. The first-order valence-electron chi connectivity index (χ1n) is 6.57. The van der Waals surface area contributed by atoms with Crippen LogP contribution in [-0.4, -0.2) is 62.3 Å². The average molecular weight is 356 g/mol. The number of hydrogen-bond acceptors (Lipinski definition) is 7. The first kappa shape index (κ1) is 17.3. The topological polar surface area (TPSA) is 105 Å². The zero-order chi connectivity index (χ0) is 16.9. The Kier molecular flexibility index (Phi) is 5.64. The largest absolute Gasteiger partial charge is 0.491 e. The Balaban J connectivity index is 2.19. The molecule has 0 saturated heterocycles. The van der Waals surface area contributed by atoms with Crippen molar-refractivity contribution in [1.29, 1.82) is 0 Å². The van der Waals surface area contributed by atoms with Gasteiger partial charge in [-0.1, -0.05) is 11.3 Å². The van der Waals surface area contributed by atoms with Gasteiger partial charge in [0.1, 0.15) is 23.7 Å². The van der Waals surface area contributed by atoms with Gasteiger partial charge >= 0.3 is 10.0 Å². The van der Waals surface area contributed by atoms with E-state index in [9.17, 15) is 8.42 Å². The molecule has 1 aromatic heterocycles. The lowest BCUT2D eigenvalue weighted by Gasteiger charge is -2.03. The number of benzene rings is 1. The smallest absolute Gasteiger partial charge is 0.312 e. The van der Waals surface area contributed by atoms with Crippen molar-refractivity contribution in [3.63, 3.8) is 0 Å². The second-order valence-electron chi connectivity index (χ2n) is 4.63. The highest BCUT2D eigenvalue weighted by Gasteiger charge is 2.19. The van der Waals surface area contributed by atoms with Crippen molar-refractivity contribution in [2.75, 3.05) is 27.3 Å². The Hall–Kier alpha value is -2.04. The van der Waals surface area contributed by atoms with E-state index in [2.05, 4.69) is 14.6 Å². The van der Waals surface area contributed by atoms with Crippen molar-refractivity contribution >= 4 is 27.7 Å². The number of nitrogens with zero attached hydrogens (tertiary/aromatic N) is 4. The van der Waals surface area contributed by atoms with Crippen LogP contribution in [0.2, 0.25) is 0 Å². The predicted octanol–water partition coefficient (Wildman–Crippen LogP) is 0.855. The molecule has 124 valence electrons. The van der Waals surface area contributed by atoms with Gasteiger partial charge in [0.2, 0.25) is 0 Å². The first-order valence-corrected chi connectivity index (χ1v) is 8.82. The van der Waals surface area contributed by atoms with Crippen LogP contribution >= 0.6 is 11.3 Å². The van der Waals surface area contributed by atoms with Gasteiger partial charge in [-0.3, -0.25) is 0 Å². The highest BCUT2D eigenvalue weighted by atomic mass is 32.2. The maximum absolute atomic E-state index is 12.0. The van der Waals surface area contributed by atoms with E-state index in [0.717, 1.165) is 16.9 Å². The summed E-state index contributed by atoms with van der Waals surface area (Å²) in [7, 11) is -0.499. The molecule has 0 atom stereocenters. The van der Waals surface area contributed by atoms with Crippen LogP contribution in [0.3, 0.4) is 0 Å². The van der Waals surface area contributed by atoms with Gasteiger partial charge in [0.05, 0.1) is 6.61 Å². The Labute approximate surface area is 138 Å². The van der Waals surface area contributed by atoms with Gasteiger partial charge in [0, 0.05) is 19.7 Å². The Bertz CT molecular complexity index is 770. The van der Waals surface area contributed by atoms with Gasteiger partial charge in [-0.2, -0.15) is 8.42 Å². The van der Waals surface area contributed by atoms with Crippen LogP contribution in [0.5, 0.6) is 5.75 Å². The number of ether oxygens (including phenoxy) is 1. The van der Waals surface area contributed by atoms with E-state index in [1.165, 1.54) is 11.2 Å². The third-order valence-corrected chi connectivity index (χ3v) is 5.05. The molecule has 1 heterocycles. The molecule has 8 nitrogen and oxygen atoms in total. The number of aromatic nitrogens is 2. The van der Waals surface area contributed by atoms with E-state index in [1.54, 1.807) is 38.4 Å². The maximum atomic E-state index is 12.0. The lowest BCUT2D eigenvalue weighted by Crippen LogP contribution is -2.10. The molecule has 0 fully saturated rings. The minimum Gasteiger partial charge on any atom is -0.491 e. The van der Waals surface area contributed by atoms with Crippen LogP contribution in [0.4, 0.5) is 0 Å². The molecule has 0 aliphatic rings. The quantitative estimate of drug-likeness (QED) is 0.579. The molecule has 0 saturated carbocycles. The summed E-state index contributed by atoms with van der Waals surface area (Å²) in [5.41, 5.74) is 0.719. The summed E-state index contributed by atoms with van der Waals surface area (Å²) in [6.45, 7) is 0.150. The van der Waals surface area contributed by atoms with E-state index in [1.807, 2.05) is 0 Å². The summed E-state index contributed by atoms with van der Waals surface area (Å²) in [5, 5.41) is 16.8. The molecule has 10 heteroatoms. The van der Waals surface area contributed by atoms with Gasteiger partial charge in [-0.05, 0) is 24.3 Å². The third kappa shape index (κ3) is 4.71. The second-order valence-corrected chi connectivity index (χ2v) is 7.41. The fourth-order valence-electron chi connectivity index (χ4n) is 1.49. The van der Waals surface area contributed by atoms with E-state index >= 15 is 0 Å². The fourth-order valence-corrected chi connectivity index (χ4v) is 3.41. The molecule has 1 aromatic carbocycles. The number of hydrogen-bond donors (Lipinski definition) is 1. The standard InChI is InChI=1S/C13H16N4O4S2/c1-17(2)9-14-23(19,20)13-16-15-12(22-13)10-3-5-11(6-4-10)21-8-7-18/h3-6,9,18H,7-8H2,1-2H3/b14-9+. The zero-order valence-electron chi connectivity index (χ0n) is 12.6. The third-order valence-electron chi connectivity index (χ3n) is 2.51. The number of rotatable bonds is 7. The Morgan fingerprint density at radius 3 is 2.61 bits per heavy atom. The molecule has 0 radical (unpaired) electrons. The molecular weight excluding hydrogens is 340 g/mol. The van der Waals surface area contributed by atoms with Gasteiger partial charge < -0.3 is 14.7 Å². The van der Waals surface area contributed by atoms with Crippen molar-refractivity contribution in [2.24, 2.45) is 4.40 Å². The number of sulfonamides is 1. The number of aliphatic hydroxyl groups is 1. The van der Waals surface area contributed by atoms with Crippen molar-refractivity contribution in [3.05, 3.63) is 24.3 Å². The molecule has 0 aliphatic heterocycles. The van der Waals surface area contributed by atoms with Gasteiger partial charge in [-0.15, -0.1) is 14.6 Å². The average Bonchev–Trinajstić information content (AvgIpc) is 3.02. The van der Waals surface area contributed by atoms with Crippen molar-refractivity contribution in [1.82, 2.24) is 15.1 Å². The van der Waals surface area contributed by atoms with E-state index < -0.39 is 10.0 Å². The van der Waals surface area contributed by atoms with Crippen molar-refractivity contribution in [3.8, 4) is 16.3 Å². The molecule has 0 amide bonds. The monoisotopic (exact) mass is 356 g/mol. The predicted molar refractivity (Wildman–Crippen MR) is 87.3 cm³/mol. The molecule has 1 N–H and O–H groups in total. The Morgan fingerprint density at radius 2 is 2.00 bits per heavy atom. The summed E-state index contributed by atoms with van der Waals surface area (Å²) in [5.74, 6) is 0.607. The summed E-state index contributed by atoms with van der Waals surface area (Å²) in [4.78, 5) is 1.52. The summed E-state index contributed by atoms with van der Waals surface area (Å²) < 4.78 is 32.6. The summed E-state index contributed by atoms with van der Waals surface area (Å²) >= 11 is 0.945. The van der Waals surface area contributed by atoms with Crippen LogP contribution in [-0.2, 0) is 10.0 Å². The summed E-state index contributed by atoms with van der Waals surface area (Å²) in [6.07, 6.45) is 1.20. The lowest BCUT2D eigenvalue weighted by atomic mass is 10.2. The maximum Gasteiger partial charge on any atom is 0.312 e. The molecule has 2 aromatic rings. The minimum atomic E-state index is -3.84. The van der Waals surface area contributed by atoms with Gasteiger partial charge in [0.25, 0.3) is 4.34 Å². The lowest BCUT2D eigenvalue weighted by molar-refractivity contribution is 0.201. The van der Waals surface area contributed by atoms with E-state index in [4.69, 9.17) is 9.84 Å². The fraction of sp³-hybridized carbons (Fsp3) is 0.308. The van der Waals surface area contributed by atoms with Gasteiger partial charge in [0.15, 0.2) is 0 Å². The summed E-state index contributed by atoms with van der Waals surface area (Å²) in [6, 6.07) is 6.91. The van der Waals surface area contributed by atoms with Crippen LogP contribution in [0, 0.1) is 0 Å². The highest BCUT2D eigenvalue weighted by Crippen LogP contribution is 2.28. The van der Waals surface area contributed by atoms with Crippen molar-refractivity contribution in [2.45, 2.75) is 4.34 Å². The molecule has 0 bridgehead atoms. The van der Waals surface area contributed by atoms with E-state index in [0.29, 0.717) is 10.8 Å². The SMILES string of the molecule is CN(C)/C=N/S(=O)(=O)c1nnc(-c2ccc(OCCO)cc2)s1. The second kappa shape index (κ2) is 7.49. The molecule has 0 spiro atoms. The molecular formula is C13H16N4O4S2. The van der Waals surface area contributed by atoms with Crippen LogP contribution in [0.1, 0.15) is 0 Å². The number of aliphatic hydroxyl groups excluding tert-OH is 1. The van der Waals surface area contributed by atoms with Crippen LogP contribution < -0.4 is 4.74 Å². The van der Waals surface area contributed by atoms with Crippen LogP contribution in [0.25, 0.3) is 10.6 Å². The molecule has 0 unspecified atom stereocenters. The zero-order valence-corrected chi connectivity index (χ0v) is 14.2. The normalized spacial score (nSPS) is 11.8. The van der Waals surface area contributed by atoms with Crippen molar-refractivity contribution < 1.29 is 18.3 Å².